The van der Waals surface area contributed by atoms with Crippen LogP contribution in [0.3, 0.4) is 0 Å². The van der Waals surface area contributed by atoms with Gasteiger partial charge in [0.1, 0.15) is 11.5 Å². The summed E-state index contributed by atoms with van der Waals surface area (Å²) in [5.74, 6) is -1.59. The number of halogens is 1. The number of imidazole rings is 1. The molecule has 0 aliphatic rings. The Labute approximate surface area is 123 Å². The lowest BCUT2D eigenvalue weighted by Crippen LogP contribution is -2.18. The molecule has 112 valence electrons. The van der Waals surface area contributed by atoms with Crippen LogP contribution in [0.25, 0.3) is 16.9 Å². The molecule has 0 saturated carbocycles. The third kappa shape index (κ3) is 2.07. The first-order chi connectivity index (χ1) is 10.4. The molecular weight excluding hydrogens is 289 g/mol. The summed E-state index contributed by atoms with van der Waals surface area (Å²) in [4.78, 5) is 29.8. The number of nitrogens with zero attached hydrogens (tertiary/aromatic N) is 2. The van der Waals surface area contributed by atoms with Gasteiger partial charge in [0.15, 0.2) is 5.69 Å². The maximum Gasteiger partial charge on any atom is 0.356 e. The number of carboxylic acids is 1. The fourth-order valence-electron chi connectivity index (χ4n) is 2.33. The van der Waals surface area contributed by atoms with Gasteiger partial charge in [-0.05, 0) is 25.5 Å². The van der Waals surface area contributed by atoms with Crippen LogP contribution in [0.4, 0.5) is 4.39 Å². The Morgan fingerprint density at radius 2 is 2.05 bits per heavy atom. The van der Waals surface area contributed by atoms with E-state index >= 15 is 0 Å². The lowest BCUT2D eigenvalue weighted by Gasteiger charge is -2.04. The smallest absolute Gasteiger partial charge is 0.356 e. The maximum atomic E-state index is 13.7. The molecule has 0 amide bonds. The molecule has 6 nitrogen and oxygen atoms in total. The minimum Gasteiger partial charge on any atom is -0.476 e. The standard InChI is InChI=1S/C15H12FN3O3/c1-7-3-4-9(5-10(7)16)11-6-12-18-13(14(20)21)8(2)19(12)15(22)17-11/h3-6H,1-2H3,(H,17,22)(H,20,21). The zero-order valence-corrected chi connectivity index (χ0v) is 11.8. The van der Waals surface area contributed by atoms with Crippen molar-refractivity contribution >= 4 is 11.6 Å². The number of aromatic amines is 1. The van der Waals surface area contributed by atoms with Crippen molar-refractivity contribution in [2.45, 2.75) is 13.8 Å². The number of H-pyrrole nitrogens is 1. The fraction of sp³-hybridized carbons (Fsp3) is 0.133. The predicted molar refractivity (Wildman–Crippen MR) is 77.6 cm³/mol. The van der Waals surface area contributed by atoms with Crippen molar-refractivity contribution in [2.75, 3.05) is 0 Å². The van der Waals surface area contributed by atoms with Crippen molar-refractivity contribution in [3.8, 4) is 11.3 Å². The van der Waals surface area contributed by atoms with Gasteiger partial charge in [-0.15, -0.1) is 0 Å². The molecule has 0 bridgehead atoms. The Hall–Kier alpha value is -2.96. The first-order valence-corrected chi connectivity index (χ1v) is 6.50. The number of rotatable bonds is 2. The number of fused-ring (bicyclic) bond motifs is 1. The zero-order chi connectivity index (χ0) is 16.0. The second-order valence-electron chi connectivity index (χ2n) is 5.00. The van der Waals surface area contributed by atoms with Gasteiger partial charge >= 0.3 is 11.7 Å². The number of nitrogens with one attached hydrogen (secondary N) is 1. The summed E-state index contributed by atoms with van der Waals surface area (Å²) in [7, 11) is 0. The first-order valence-electron chi connectivity index (χ1n) is 6.50. The van der Waals surface area contributed by atoms with Crippen LogP contribution in [0.15, 0.2) is 29.1 Å². The van der Waals surface area contributed by atoms with Gasteiger partial charge in [-0.1, -0.05) is 12.1 Å². The summed E-state index contributed by atoms with van der Waals surface area (Å²) in [5.41, 5.74) is 1.10. The van der Waals surface area contributed by atoms with Gasteiger partial charge in [0.05, 0.1) is 11.4 Å². The Morgan fingerprint density at radius 3 is 2.68 bits per heavy atom. The predicted octanol–water partition coefficient (Wildman–Crippen LogP) is 2.14. The van der Waals surface area contributed by atoms with Crippen LogP contribution in [0, 0.1) is 19.7 Å². The Morgan fingerprint density at radius 1 is 1.32 bits per heavy atom. The third-order valence-corrected chi connectivity index (χ3v) is 3.54. The summed E-state index contributed by atoms with van der Waals surface area (Å²) in [5, 5.41) is 9.07. The van der Waals surface area contributed by atoms with Gasteiger partial charge in [0.25, 0.3) is 0 Å². The van der Waals surface area contributed by atoms with Crippen LogP contribution in [-0.4, -0.2) is 25.4 Å². The number of benzene rings is 1. The van der Waals surface area contributed by atoms with Crippen LogP contribution in [0.2, 0.25) is 0 Å². The number of hydrogen-bond donors (Lipinski definition) is 2. The lowest BCUT2D eigenvalue weighted by molar-refractivity contribution is 0.0690. The zero-order valence-electron chi connectivity index (χ0n) is 11.8. The van der Waals surface area contributed by atoms with Gasteiger partial charge in [0.2, 0.25) is 0 Å². The molecule has 0 aliphatic carbocycles. The van der Waals surface area contributed by atoms with Crippen molar-refractivity contribution < 1.29 is 14.3 Å². The molecule has 0 fully saturated rings. The van der Waals surface area contributed by atoms with Gasteiger partial charge in [-0.2, -0.15) is 0 Å². The fourth-order valence-corrected chi connectivity index (χ4v) is 2.33. The molecule has 0 unspecified atom stereocenters. The molecule has 3 rings (SSSR count). The van der Waals surface area contributed by atoms with E-state index in [1.807, 2.05) is 0 Å². The van der Waals surface area contributed by atoms with Gasteiger partial charge in [-0.3, -0.25) is 0 Å². The lowest BCUT2D eigenvalue weighted by atomic mass is 10.1. The summed E-state index contributed by atoms with van der Waals surface area (Å²) >= 11 is 0. The van der Waals surface area contributed by atoms with Crippen molar-refractivity contribution in [3.63, 3.8) is 0 Å². The molecule has 0 spiro atoms. The van der Waals surface area contributed by atoms with E-state index in [1.165, 1.54) is 23.5 Å². The summed E-state index contributed by atoms with van der Waals surface area (Å²) in [6.45, 7) is 3.14. The molecule has 0 saturated heterocycles. The Balaban J connectivity index is 2.27. The average molecular weight is 301 g/mol. The Bertz CT molecular complexity index is 972. The van der Waals surface area contributed by atoms with Crippen LogP contribution >= 0.6 is 0 Å². The topological polar surface area (TPSA) is 87.5 Å². The largest absolute Gasteiger partial charge is 0.476 e. The second-order valence-corrected chi connectivity index (χ2v) is 5.00. The van der Waals surface area contributed by atoms with E-state index in [-0.39, 0.29) is 22.9 Å². The maximum absolute atomic E-state index is 13.7. The molecule has 0 aliphatic heterocycles. The van der Waals surface area contributed by atoms with Crippen molar-refractivity contribution in [3.05, 3.63) is 57.5 Å². The van der Waals surface area contributed by atoms with Crippen LogP contribution < -0.4 is 5.69 Å². The number of aromatic carboxylic acids is 1. The molecule has 3 aromatic rings. The van der Waals surface area contributed by atoms with E-state index in [4.69, 9.17) is 5.11 Å². The van der Waals surface area contributed by atoms with Gasteiger partial charge < -0.3 is 10.1 Å². The number of hydrogen-bond acceptors (Lipinski definition) is 3. The number of carboxylic acid groups (broad SMARTS) is 1. The summed E-state index contributed by atoms with van der Waals surface area (Å²) in [6, 6.07) is 6.11. The first kappa shape index (κ1) is 14.0. The highest BCUT2D eigenvalue weighted by atomic mass is 19.1. The van der Waals surface area contributed by atoms with E-state index in [0.29, 0.717) is 16.8 Å². The third-order valence-electron chi connectivity index (χ3n) is 3.54. The van der Waals surface area contributed by atoms with Crippen LogP contribution in [0.5, 0.6) is 0 Å². The van der Waals surface area contributed by atoms with Crippen LogP contribution in [-0.2, 0) is 0 Å². The number of aromatic nitrogens is 3. The van der Waals surface area contributed by atoms with E-state index in [0.717, 1.165) is 0 Å². The highest BCUT2D eigenvalue weighted by Crippen LogP contribution is 2.21. The van der Waals surface area contributed by atoms with Crippen molar-refractivity contribution in [1.29, 1.82) is 0 Å². The molecule has 7 heteroatoms. The highest BCUT2D eigenvalue weighted by Gasteiger charge is 2.17. The average Bonchev–Trinajstić information content (AvgIpc) is 2.79. The van der Waals surface area contributed by atoms with Crippen LogP contribution in [0.1, 0.15) is 21.7 Å². The number of carbonyl (C=O) groups is 1. The van der Waals surface area contributed by atoms with E-state index < -0.39 is 11.7 Å². The normalized spacial score (nSPS) is 11.0. The minimum absolute atomic E-state index is 0.183. The van der Waals surface area contributed by atoms with Gasteiger partial charge in [-0.25, -0.2) is 23.4 Å². The SMILES string of the molecule is Cc1ccc(-c2cc3nc(C(=O)O)c(C)n3c(=O)[nH]2)cc1F. The summed E-state index contributed by atoms with van der Waals surface area (Å²) in [6.07, 6.45) is 0. The molecule has 2 aromatic heterocycles. The molecule has 2 heterocycles. The molecule has 0 radical (unpaired) electrons. The number of aryl methyl sites for hydroxylation is 2. The van der Waals surface area contributed by atoms with E-state index in [1.54, 1.807) is 19.1 Å². The van der Waals surface area contributed by atoms with E-state index in [9.17, 15) is 14.0 Å². The molecule has 1 aromatic carbocycles. The molecule has 0 atom stereocenters. The second kappa shape index (κ2) is 4.80. The summed E-state index contributed by atoms with van der Waals surface area (Å²) < 4.78 is 14.8. The quantitative estimate of drug-likeness (QED) is 0.759. The van der Waals surface area contributed by atoms with Crippen molar-refractivity contribution in [1.82, 2.24) is 14.4 Å². The van der Waals surface area contributed by atoms with E-state index in [2.05, 4.69) is 9.97 Å². The Kier molecular flexibility index (Phi) is 3.05. The molecular formula is C15H12FN3O3. The molecule has 2 N–H and O–H groups in total. The van der Waals surface area contributed by atoms with Crippen molar-refractivity contribution in [2.24, 2.45) is 0 Å². The molecule has 22 heavy (non-hydrogen) atoms. The van der Waals surface area contributed by atoms with Gasteiger partial charge in [0, 0.05) is 11.6 Å². The highest BCUT2D eigenvalue weighted by molar-refractivity contribution is 5.88. The monoisotopic (exact) mass is 301 g/mol. The minimum atomic E-state index is -1.21.